The van der Waals surface area contributed by atoms with Crippen molar-refractivity contribution in [2.75, 3.05) is 19.6 Å². The Labute approximate surface area is 138 Å². The first-order valence-corrected chi connectivity index (χ1v) is 5.88. The van der Waals surface area contributed by atoms with E-state index in [-0.39, 0.29) is 38.8 Å². The number of ether oxygens (including phenoxy) is 1. The van der Waals surface area contributed by atoms with Crippen LogP contribution in [0.25, 0.3) is 0 Å². The zero-order chi connectivity index (χ0) is 13.9. The average molecular weight is 332 g/mol. The molecule has 0 bridgehead atoms. The molecule has 0 fully saturated rings. The predicted octanol–water partition coefficient (Wildman–Crippen LogP) is 2.45. The maximum Gasteiger partial charge on any atom is 3.00 e. The minimum Gasteiger partial charge on any atom is -0.444 e. The van der Waals surface area contributed by atoms with Crippen molar-refractivity contribution in [1.82, 2.24) is 4.90 Å². The molecule has 104 valence electrons. The Bertz CT molecular complexity index is 188. The molecule has 0 radical (unpaired) electrons. The zero-order valence-corrected chi connectivity index (χ0v) is 14.9. The first kappa shape index (κ1) is 23.4. The first-order chi connectivity index (χ1) is 7.82. The quantitative estimate of drug-likeness (QED) is 0.805. The summed E-state index contributed by atoms with van der Waals surface area (Å²) in [4.78, 5) is 12.7. The third-order valence-electron chi connectivity index (χ3n) is 1.65. The molecule has 1 amide bonds. The fourth-order valence-corrected chi connectivity index (χ4v) is 0.765. The van der Waals surface area contributed by atoms with Crippen LogP contribution in [0, 0.1) is 20.8 Å². The van der Waals surface area contributed by atoms with E-state index in [4.69, 9.17) is 10.5 Å². The SMILES string of the molecule is [CH2-]CCCN.[CH2-]CN(C[CH2-])C(=O)OC(C)(C)C.[Y+3]. The molecule has 0 heterocycles. The zero-order valence-electron chi connectivity index (χ0n) is 12.1. The van der Waals surface area contributed by atoms with Crippen LogP contribution in [0.2, 0.25) is 0 Å². The number of rotatable bonds is 4. The van der Waals surface area contributed by atoms with Crippen molar-refractivity contribution in [3.05, 3.63) is 20.8 Å². The molecule has 0 rings (SSSR count). The molecule has 0 aliphatic carbocycles. The van der Waals surface area contributed by atoms with Gasteiger partial charge in [-0.3, -0.25) is 0 Å². The Hall–Kier alpha value is 0.334. The molecule has 18 heavy (non-hydrogen) atoms. The van der Waals surface area contributed by atoms with Gasteiger partial charge in [-0.15, -0.1) is 13.1 Å². The van der Waals surface area contributed by atoms with Gasteiger partial charge >= 0.3 is 38.8 Å². The molecule has 0 aliphatic rings. The molecular formula is C13H27N2O2Y. The number of hydrogen-bond donors (Lipinski definition) is 1. The Morgan fingerprint density at radius 2 is 1.67 bits per heavy atom. The van der Waals surface area contributed by atoms with Crippen molar-refractivity contribution in [2.45, 2.75) is 39.2 Å². The molecule has 5 heteroatoms. The van der Waals surface area contributed by atoms with Gasteiger partial charge in [-0.2, -0.15) is 6.42 Å². The Morgan fingerprint density at radius 3 is 1.83 bits per heavy atom. The summed E-state index contributed by atoms with van der Waals surface area (Å²) in [5.74, 6) is 0. The first-order valence-electron chi connectivity index (χ1n) is 5.88. The second kappa shape index (κ2) is 13.8. The van der Waals surface area contributed by atoms with Crippen LogP contribution in [0.3, 0.4) is 0 Å². The van der Waals surface area contributed by atoms with E-state index in [0.29, 0.717) is 13.1 Å². The van der Waals surface area contributed by atoms with Crippen molar-refractivity contribution in [3.63, 3.8) is 0 Å². The van der Waals surface area contributed by atoms with E-state index < -0.39 is 5.60 Å². The van der Waals surface area contributed by atoms with Gasteiger partial charge in [0.15, 0.2) is 0 Å². The smallest absolute Gasteiger partial charge is 0.444 e. The molecule has 0 saturated heterocycles. The van der Waals surface area contributed by atoms with Crippen molar-refractivity contribution in [2.24, 2.45) is 5.73 Å². The van der Waals surface area contributed by atoms with Crippen LogP contribution in [0.5, 0.6) is 0 Å². The van der Waals surface area contributed by atoms with Crippen LogP contribution in [-0.4, -0.2) is 36.2 Å². The van der Waals surface area contributed by atoms with Gasteiger partial charge in [-0.1, -0.05) is 6.42 Å². The third kappa shape index (κ3) is 16.3. The summed E-state index contributed by atoms with van der Waals surface area (Å²) in [6.07, 6.45) is 1.67. The van der Waals surface area contributed by atoms with Crippen LogP contribution in [-0.2, 0) is 37.4 Å². The number of hydrogen-bond acceptors (Lipinski definition) is 3. The number of carbonyl (C=O) groups excluding carboxylic acids is 1. The minimum atomic E-state index is -0.445. The van der Waals surface area contributed by atoms with E-state index in [2.05, 4.69) is 20.8 Å². The summed E-state index contributed by atoms with van der Waals surface area (Å²) in [6.45, 7) is 17.8. The number of nitrogens with two attached hydrogens (primary N) is 1. The number of unbranched alkanes of at least 4 members (excludes halogenated alkanes) is 1. The Balaban J connectivity index is -0.000000321. The normalized spacial score (nSPS) is 9.72. The van der Waals surface area contributed by atoms with E-state index in [1.165, 1.54) is 4.90 Å². The van der Waals surface area contributed by atoms with Crippen molar-refractivity contribution < 1.29 is 42.2 Å². The molecule has 0 spiro atoms. The van der Waals surface area contributed by atoms with Gasteiger partial charge in [0.05, 0.1) is 0 Å². The minimum absolute atomic E-state index is 0. The van der Waals surface area contributed by atoms with Crippen LogP contribution >= 0.6 is 0 Å². The molecule has 0 aromatic rings. The van der Waals surface area contributed by atoms with E-state index >= 15 is 0 Å². The molecule has 0 atom stereocenters. The number of nitrogens with zero attached hydrogens (tertiary/aromatic N) is 1. The fraction of sp³-hybridized carbons (Fsp3) is 0.692. The Kier molecular flexibility index (Phi) is 17.9. The van der Waals surface area contributed by atoms with Gasteiger partial charge in [-0.05, 0) is 27.3 Å². The maximum atomic E-state index is 11.2. The summed E-state index contributed by atoms with van der Waals surface area (Å²) in [5, 5.41) is 0. The second-order valence-corrected chi connectivity index (χ2v) is 4.46. The number of amides is 1. The summed E-state index contributed by atoms with van der Waals surface area (Å²) in [5.41, 5.74) is 4.65. The van der Waals surface area contributed by atoms with Crippen molar-refractivity contribution in [1.29, 1.82) is 0 Å². The van der Waals surface area contributed by atoms with E-state index in [1.54, 1.807) is 0 Å². The average Bonchev–Trinajstić information content (AvgIpc) is 2.19. The maximum absolute atomic E-state index is 11.2. The molecule has 0 saturated carbocycles. The topological polar surface area (TPSA) is 55.6 Å². The molecule has 0 aromatic heterocycles. The van der Waals surface area contributed by atoms with Gasteiger partial charge in [0.2, 0.25) is 0 Å². The fourth-order valence-electron chi connectivity index (χ4n) is 0.765. The molecular weight excluding hydrogens is 305 g/mol. The Morgan fingerprint density at radius 1 is 1.22 bits per heavy atom. The van der Waals surface area contributed by atoms with Crippen molar-refractivity contribution >= 4 is 6.09 Å². The van der Waals surface area contributed by atoms with Gasteiger partial charge < -0.3 is 36.1 Å². The monoisotopic (exact) mass is 332 g/mol. The van der Waals surface area contributed by atoms with E-state index in [9.17, 15) is 4.79 Å². The predicted molar refractivity (Wildman–Crippen MR) is 72.2 cm³/mol. The van der Waals surface area contributed by atoms with E-state index in [0.717, 1.165) is 19.4 Å². The second-order valence-electron chi connectivity index (χ2n) is 4.46. The molecule has 4 nitrogen and oxygen atoms in total. The summed E-state index contributed by atoms with van der Waals surface area (Å²) < 4.78 is 5.09. The summed E-state index contributed by atoms with van der Waals surface area (Å²) >= 11 is 0. The molecule has 0 unspecified atom stereocenters. The van der Waals surface area contributed by atoms with Crippen LogP contribution in [0.15, 0.2) is 0 Å². The van der Waals surface area contributed by atoms with Gasteiger partial charge in [-0.25, -0.2) is 4.79 Å². The molecule has 0 aliphatic heterocycles. The van der Waals surface area contributed by atoms with Gasteiger partial charge in [0.1, 0.15) is 5.60 Å². The molecule has 0 aromatic carbocycles. The van der Waals surface area contributed by atoms with Crippen LogP contribution < -0.4 is 5.73 Å². The third-order valence-corrected chi connectivity index (χ3v) is 1.65. The standard InChI is InChI=1S/C9H17NO2.C4H10N.Y/c1-6-10(7-2)8(11)12-9(3,4)5;1-2-3-4-5;/h1-2,6-7H2,3-5H3;1-5H2;/q-2;-1;+3. The summed E-state index contributed by atoms with van der Waals surface area (Å²) in [6, 6.07) is 0. The van der Waals surface area contributed by atoms with Crippen LogP contribution in [0.1, 0.15) is 33.6 Å². The van der Waals surface area contributed by atoms with Gasteiger partial charge in [0, 0.05) is 0 Å². The van der Waals surface area contributed by atoms with Crippen LogP contribution in [0.4, 0.5) is 4.79 Å². The largest absolute Gasteiger partial charge is 3.00 e. The summed E-state index contributed by atoms with van der Waals surface area (Å²) in [7, 11) is 0. The van der Waals surface area contributed by atoms with E-state index in [1.807, 2.05) is 20.8 Å². The number of carbonyl (C=O) groups is 1. The van der Waals surface area contributed by atoms with Gasteiger partial charge in [0.25, 0.3) is 0 Å². The van der Waals surface area contributed by atoms with Crippen molar-refractivity contribution in [3.8, 4) is 0 Å². The molecule has 2 N–H and O–H groups in total.